The van der Waals surface area contributed by atoms with Gasteiger partial charge in [-0.05, 0) is 19.1 Å². The molecule has 5 nitrogen and oxygen atoms in total. The molecule has 2 rings (SSSR count). The summed E-state index contributed by atoms with van der Waals surface area (Å²) in [7, 11) is 0. The maximum Gasteiger partial charge on any atom is 0.586 e. The average molecular weight is 271 g/mol. The van der Waals surface area contributed by atoms with Crippen LogP contribution in [-0.4, -0.2) is 23.9 Å². The predicted molar refractivity (Wildman–Crippen MR) is 62.5 cm³/mol. The number of carboxylic acids is 1. The van der Waals surface area contributed by atoms with Crippen molar-refractivity contribution in [2.45, 2.75) is 13.2 Å². The van der Waals surface area contributed by atoms with Gasteiger partial charge in [0, 0.05) is 23.9 Å². The summed E-state index contributed by atoms with van der Waals surface area (Å²) in [6.07, 6.45) is -2.16. The van der Waals surface area contributed by atoms with Gasteiger partial charge in [-0.3, -0.25) is 0 Å². The lowest BCUT2D eigenvalue weighted by molar-refractivity contribution is -0.286. The summed E-state index contributed by atoms with van der Waals surface area (Å²) in [5.41, 5.74) is 0.717. The van der Waals surface area contributed by atoms with E-state index in [1.165, 1.54) is 31.2 Å². The minimum absolute atomic E-state index is 0.0344. The highest BCUT2D eigenvalue weighted by Crippen LogP contribution is 2.42. The Kier molecular flexibility index (Phi) is 3.28. The highest BCUT2D eigenvalue weighted by molar-refractivity contribution is 5.85. The van der Waals surface area contributed by atoms with Crippen LogP contribution in [0.2, 0.25) is 0 Å². The second-order valence-corrected chi connectivity index (χ2v) is 3.90. The first-order valence-electron chi connectivity index (χ1n) is 5.41. The van der Waals surface area contributed by atoms with E-state index in [1.54, 1.807) is 0 Å². The Morgan fingerprint density at radius 3 is 2.79 bits per heavy atom. The number of anilines is 1. The fourth-order valence-corrected chi connectivity index (χ4v) is 1.47. The number of alkyl halides is 2. The summed E-state index contributed by atoms with van der Waals surface area (Å²) in [5, 5.41) is 11.5. The molecule has 0 saturated heterocycles. The third-order valence-corrected chi connectivity index (χ3v) is 2.45. The lowest BCUT2D eigenvalue weighted by Crippen LogP contribution is -2.25. The molecule has 2 N–H and O–H groups in total. The number of fused-ring (bicyclic) bond motifs is 1. The van der Waals surface area contributed by atoms with Crippen molar-refractivity contribution >= 4 is 11.7 Å². The second-order valence-electron chi connectivity index (χ2n) is 3.90. The topological polar surface area (TPSA) is 67.8 Å². The van der Waals surface area contributed by atoms with Gasteiger partial charge in [-0.2, -0.15) is 0 Å². The molecular weight excluding hydrogens is 260 g/mol. The molecule has 19 heavy (non-hydrogen) atoms. The van der Waals surface area contributed by atoms with Crippen LogP contribution in [0.5, 0.6) is 11.5 Å². The van der Waals surface area contributed by atoms with Crippen molar-refractivity contribution in [1.82, 2.24) is 0 Å². The van der Waals surface area contributed by atoms with Gasteiger partial charge < -0.3 is 19.9 Å². The number of carbonyl (C=O) groups is 1. The van der Waals surface area contributed by atoms with E-state index in [0.717, 1.165) is 0 Å². The molecule has 102 valence electrons. The van der Waals surface area contributed by atoms with Crippen LogP contribution >= 0.6 is 0 Å². The van der Waals surface area contributed by atoms with Gasteiger partial charge in [0.05, 0.1) is 0 Å². The monoisotopic (exact) mass is 271 g/mol. The Morgan fingerprint density at radius 2 is 2.11 bits per heavy atom. The molecule has 0 saturated carbocycles. The van der Waals surface area contributed by atoms with Crippen molar-refractivity contribution in [2.75, 3.05) is 11.9 Å². The van der Waals surface area contributed by atoms with Crippen molar-refractivity contribution in [3.8, 4) is 11.5 Å². The lowest BCUT2D eigenvalue weighted by Gasteiger charge is -2.05. The Labute approximate surface area is 107 Å². The Bertz CT molecular complexity index is 543. The molecule has 7 heteroatoms. The summed E-state index contributed by atoms with van der Waals surface area (Å²) in [5.74, 6) is -1.10. The van der Waals surface area contributed by atoms with E-state index in [0.29, 0.717) is 5.69 Å². The molecule has 0 spiro atoms. The van der Waals surface area contributed by atoms with Crippen LogP contribution in [-0.2, 0) is 4.79 Å². The highest BCUT2D eigenvalue weighted by atomic mass is 19.3. The molecule has 0 radical (unpaired) electrons. The van der Waals surface area contributed by atoms with Gasteiger partial charge in [-0.25, -0.2) is 4.79 Å². The highest BCUT2D eigenvalue weighted by Gasteiger charge is 2.43. The standard InChI is InChI=1S/C12H11F2NO4/c1-7(11(16)17)4-5-15-8-2-3-9-10(6-8)19-12(13,14)18-9/h2-4,6,15H,5H2,1H3,(H,16,17)/b7-4-. The van der Waals surface area contributed by atoms with Gasteiger partial charge >= 0.3 is 12.3 Å². The molecular formula is C12H11F2NO4. The van der Waals surface area contributed by atoms with Crippen molar-refractivity contribution in [3.05, 3.63) is 29.8 Å². The first-order valence-corrected chi connectivity index (χ1v) is 5.41. The molecule has 1 aromatic carbocycles. The van der Waals surface area contributed by atoms with E-state index < -0.39 is 12.3 Å². The predicted octanol–water partition coefficient (Wildman–Crippen LogP) is 2.45. The first-order chi connectivity index (χ1) is 8.87. The molecule has 0 aromatic heterocycles. The number of halogens is 2. The van der Waals surface area contributed by atoms with E-state index in [9.17, 15) is 13.6 Å². The largest absolute Gasteiger partial charge is 0.586 e. The van der Waals surface area contributed by atoms with Gasteiger partial charge in [0.25, 0.3) is 0 Å². The van der Waals surface area contributed by atoms with Crippen LogP contribution < -0.4 is 14.8 Å². The molecule has 0 bridgehead atoms. The third-order valence-electron chi connectivity index (χ3n) is 2.45. The van der Waals surface area contributed by atoms with E-state index >= 15 is 0 Å². The number of rotatable bonds is 4. The SMILES string of the molecule is C/C(=C/CNc1ccc2c(c1)OC(F)(F)O2)C(=O)O. The zero-order valence-corrected chi connectivity index (χ0v) is 9.94. The van der Waals surface area contributed by atoms with E-state index in [-0.39, 0.29) is 23.6 Å². The molecule has 0 unspecified atom stereocenters. The van der Waals surface area contributed by atoms with E-state index in [1.807, 2.05) is 0 Å². The number of nitrogens with one attached hydrogen (secondary N) is 1. The van der Waals surface area contributed by atoms with Crippen LogP contribution in [0.1, 0.15) is 6.92 Å². The van der Waals surface area contributed by atoms with Crippen molar-refractivity contribution in [1.29, 1.82) is 0 Å². The molecule has 0 amide bonds. The van der Waals surface area contributed by atoms with Gasteiger partial charge in [-0.1, -0.05) is 6.08 Å². The van der Waals surface area contributed by atoms with E-state index in [4.69, 9.17) is 5.11 Å². The van der Waals surface area contributed by atoms with Crippen LogP contribution in [0, 0.1) is 0 Å². The number of hydrogen-bond donors (Lipinski definition) is 2. The van der Waals surface area contributed by atoms with Crippen molar-refractivity contribution < 1.29 is 28.2 Å². The van der Waals surface area contributed by atoms with Gasteiger partial charge in [0.15, 0.2) is 11.5 Å². The smallest absolute Gasteiger partial charge is 0.478 e. The van der Waals surface area contributed by atoms with Crippen LogP contribution in [0.3, 0.4) is 0 Å². The Hall–Kier alpha value is -2.31. The molecule has 1 aliphatic heterocycles. The van der Waals surface area contributed by atoms with Crippen molar-refractivity contribution in [2.24, 2.45) is 0 Å². The van der Waals surface area contributed by atoms with Crippen molar-refractivity contribution in [3.63, 3.8) is 0 Å². The Balaban J connectivity index is 2.01. The van der Waals surface area contributed by atoms with Gasteiger partial charge in [0.1, 0.15) is 0 Å². The number of aliphatic carboxylic acids is 1. The van der Waals surface area contributed by atoms with Crippen LogP contribution in [0.25, 0.3) is 0 Å². The molecule has 1 heterocycles. The lowest BCUT2D eigenvalue weighted by atomic mass is 10.2. The third kappa shape index (κ3) is 3.12. The van der Waals surface area contributed by atoms with E-state index in [2.05, 4.69) is 14.8 Å². The number of hydrogen-bond acceptors (Lipinski definition) is 4. The maximum absolute atomic E-state index is 12.8. The number of benzene rings is 1. The molecule has 1 aliphatic rings. The summed E-state index contributed by atoms with van der Waals surface area (Å²) in [6, 6.07) is 4.25. The summed E-state index contributed by atoms with van der Waals surface area (Å²) in [6.45, 7) is 1.72. The average Bonchev–Trinajstić information content (AvgIpc) is 2.61. The number of carboxylic acid groups (broad SMARTS) is 1. The quantitative estimate of drug-likeness (QED) is 0.823. The van der Waals surface area contributed by atoms with Crippen LogP contribution in [0.15, 0.2) is 29.8 Å². The maximum atomic E-state index is 12.8. The minimum atomic E-state index is -3.64. The second kappa shape index (κ2) is 4.75. The molecule has 1 aromatic rings. The Morgan fingerprint density at radius 1 is 1.42 bits per heavy atom. The molecule has 0 atom stereocenters. The van der Waals surface area contributed by atoms with Crippen LogP contribution in [0.4, 0.5) is 14.5 Å². The fraction of sp³-hybridized carbons (Fsp3) is 0.250. The zero-order valence-electron chi connectivity index (χ0n) is 9.94. The number of ether oxygens (including phenoxy) is 2. The molecule has 0 aliphatic carbocycles. The normalized spacial score (nSPS) is 16.3. The van der Waals surface area contributed by atoms with Gasteiger partial charge in [-0.15, -0.1) is 8.78 Å². The minimum Gasteiger partial charge on any atom is -0.478 e. The summed E-state index contributed by atoms with van der Waals surface area (Å²) < 4.78 is 34.1. The first kappa shape index (κ1) is 13.1. The zero-order chi connectivity index (χ0) is 14.0. The summed E-state index contributed by atoms with van der Waals surface area (Å²) >= 11 is 0. The van der Waals surface area contributed by atoms with Gasteiger partial charge in [0.2, 0.25) is 0 Å². The fourth-order valence-electron chi connectivity index (χ4n) is 1.47. The molecule has 0 fully saturated rings. The summed E-state index contributed by atoms with van der Waals surface area (Å²) in [4.78, 5) is 10.6.